The lowest BCUT2D eigenvalue weighted by atomic mass is 10.1. The van der Waals surface area contributed by atoms with Crippen LogP contribution in [0.5, 0.6) is 0 Å². The van der Waals surface area contributed by atoms with Gasteiger partial charge in [-0.25, -0.2) is 9.07 Å². The molecule has 1 fully saturated rings. The number of amides is 2. The maximum Gasteiger partial charge on any atom is 0.257 e. The quantitative estimate of drug-likeness (QED) is 0.680. The van der Waals surface area contributed by atoms with Gasteiger partial charge in [0.1, 0.15) is 12.1 Å². The number of rotatable bonds is 4. The first-order chi connectivity index (χ1) is 14.1. The Balaban J connectivity index is 1.48. The molecule has 1 aliphatic heterocycles. The molecule has 0 unspecified atom stereocenters. The standard InChI is InChI=1S/C21H21FN4O3/c1-2-19-18(13-23-26(19)17-5-3-16(22)4-6-17)21(28)25-10-8-24(9-11-25)20(27)15-7-12-29-14-15/h3-7,12-14H,2,8-11H2,1H3. The second kappa shape index (κ2) is 7.90. The molecule has 0 N–H and O–H groups in total. The van der Waals surface area contributed by atoms with Crippen molar-refractivity contribution in [3.63, 3.8) is 0 Å². The molecule has 0 bridgehead atoms. The Morgan fingerprint density at radius 1 is 1.03 bits per heavy atom. The number of piperazine rings is 1. The molecule has 3 heterocycles. The first-order valence-corrected chi connectivity index (χ1v) is 9.52. The lowest BCUT2D eigenvalue weighted by molar-refractivity contribution is 0.0534. The van der Waals surface area contributed by atoms with E-state index < -0.39 is 0 Å². The van der Waals surface area contributed by atoms with E-state index >= 15 is 0 Å². The van der Waals surface area contributed by atoms with Gasteiger partial charge in [0.2, 0.25) is 0 Å². The van der Waals surface area contributed by atoms with Crippen LogP contribution in [0, 0.1) is 5.82 Å². The van der Waals surface area contributed by atoms with E-state index in [4.69, 9.17) is 4.42 Å². The Morgan fingerprint density at radius 3 is 2.28 bits per heavy atom. The molecule has 0 radical (unpaired) electrons. The summed E-state index contributed by atoms with van der Waals surface area (Å²) in [5, 5.41) is 4.35. The van der Waals surface area contributed by atoms with Gasteiger partial charge in [0.05, 0.1) is 35.0 Å². The largest absolute Gasteiger partial charge is 0.472 e. The molecule has 29 heavy (non-hydrogen) atoms. The van der Waals surface area contributed by atoms with Crippen LogP contribution in [0.15, 0.2) is 53.5 Å². The van der Waals surface area contributed by atoms with Gasteiger partial charge in [-0.3, -0.25) is 9.59 Å². The van der Waals surface area contributed by atoms with Gasteiger partial charge in [-0.15, -0.1) is 0 Å². The number of carbonyl (C=O) groups excluding carboxylic acids is 2. The molecule has 150 valence electrons. The van der Waals surface area contributed by atoms with Crippen molar-refractivity contribution < 1.29 is 18.4 Å². The molecule has 2 aromatic heterocycles. The molecule has 8 heteroatoms. The Kier molecular flexibility index (Phi) is 5.16. The van der Waals surface area contributed by atoms with Crippen LogP contribution in [0.3, 0.4) is 0 Å². The topological polar surface area (TPSA) is 71.6 Å². The van der Waals surface area contributed by atoms with Gasteiger partial charge in [-0.1, -0.05) is 6.92 Å². The average Bonchev–Trinajstić information content (AvgIpc) is 3.43. The van der Waals surface area contributed by atoms with Crippen LogP contribution in [-0.4, -0.2) is 57.6 Å². The summed E-state index contributed by atoms with van der Waals surface area (Å²) in [7, 11) is 0. The zero-order valence-electron chi connectivity index (χ0n) is 16.0. The summed E-state index contributed by atoms with van der Waals surface area (Å²) in [5.74, 6) is -0.520. The Labute approximate surface area is 167 Å². The van der Waals surface area contributed by atoms with Crippen molar-refractivity contribution in [1.29, 1.82) is 0 Å². The van der Waals surface area contributed by atoms with Crippen molar-refractivity contribution in [1.82, 2.24) is 19.6 Å². The smallest absolute Gasteiger partial charge is 0.257 e. The average molecular weight is 396 g/mol. The fourth-order valence-corrected chi connectivity index (χ4v) is 3.55. The summed E-state index contributed by atoms with van der Waals surface area (Å²) in [5.41, 5.74) is 2.53. The zero-order chi connectivity index (χ0) is 20.4. The van der Waals surface area contributed by atoms with E-state index in [0.717, 1.165) is 5.69 Å². The van der Waals surface area contributed by atoms with Crippen molar-refractivity contribution in [2.24, 2.45) is 0 Å². The first-order valence-electron chi connectivity index (χ1n) is 9.52. The van der Waals surface area contributed by atoms with Gasteiger partial charge in [0.15, 0.2) is 0 Å². The number of halogens is 1. The second-order valence-corrected chi connectivity index (χ2v) is 6.84. The molecule has 7 nitrogen and oxygen atoms in total. The molecular weight excluding hydrogens is 375 g/mol. The highest BCUT2D eigenvalue weighted by atomic mass is 19.1. The van der Waals surface area contributed by atoms with E-state index in [-0.39, 0.29) is 17.6 Å². The number of hydrogen-bond donors (Lipinski definition) is 0. The zero-order valence-corrected chi connectivity index (χ0v) is 16.0. The normalized spacial score (nSPS) is 14.3. The minimum atomic E-state index is -0.321. The van der Waals surface area contributed by atoms with Gasteiger partial charge < -0.3 is 14.2 Å². The Hall–Kier alpha value is -3.42. The first kappa shape index (κ1) is 18.9. The summed E-state index contributed by atoms with van der Waals surface area (Å²) < 4.78 is 19.9. The molecule has 2 amide bonds. The molecule has 0 spiro atoms. The minimum Gasteiger partial charge on any atom is -0.472 e. The van der Waals surface area contributed by atoms with Crippen molar-refractivity contribution in [3.05, 3.63) is 71.7 Å². The summed E-state index contributed by atoms with van der Waals surface area (Å²) in [6.45, 7) is 3.78. The van der Waals surface area contributed by atoms with Crippen LogP contribution in [0.25, 0.3) is 5.69 Å². The van der Waals surface area contributed by atoms with Gasteiger partial charge in [-0.05, 0) is 36.8 Å². The van der Waals surface area contributed by atoms with Crippen LogP contribution in [0.4, 0.5) is 4.39 Å². The monoisotopic (exact) mass is 396 g/mol. The van der Waals surface area contributed by atoms with Crippen LogP contribution in [-0.2, 0) is 6.42 Å². The minimum absolute atomic E-state index is 0.0933. The highest BCUT2D eigenvalue weighted by Crippen LogP contribution is 2.19. The molecule has 0 saturated carbocycles. The van der Waals surface area contributed by atoms with Crippen molar-refractivity contribution in [2.45, 2.75) is 13.3 Å². The molecule has 1 saturated heterocycles. The number of benzene rings is 1. The second-order valence-electron chi connectivity index (χ2n) is 6.84. The van der Waals surface area contributed by atoms with E-state index in [1.165, 1.54) is 24.7 Å². The fourth-order valence-electron chi connectivity index (χ4n) is 3.55. The third-order valence-electron chi connectivity index (χ3n) is 5.13. The number of furan rings is 1. The SMILES string of the molecule is CCc1c(C(=O)N2CCN(C(=O)c3ccoc3)CC2)cnn1-c1ccc(F)cc1. The summed E-state index contributed by atoms with van der Waals surface area (Å²) in [6.07, 6.45) is 5.07. The van der Waals surface area contributed by atoms with Gasteiger partial charge in [0.25, 0.3) is 11.8 Å². The molecule has 0 atom stereocenters. The maximum atomic E-state index is 13.2. The number of nitrogens with zero attached hydrogens (tertiary/aromatic N) is 4. The Morgan fingerprint density at radius 2 is 1.69 bits per heavy atom. The highest BCUT2D eigenvalue weighted by molar-refractivity contribution is 5.96. The number of carbonyl (C=O) groups is 2. The molecular formula is C21H21FN4O3. The van der Waals surface area contributed by atoms with E-state index in [1.54, 1.807) is 38.9 Å². The molecule has 1 aromatic carbocycles. The fraction of sp³-hybridized carbons (Fsp3) is 0.286. The van der Waals surface area contributed by atoms with Crippen LogP contribution < -0.4 is 0 Å². The lowest BCUT2D eigenvalue weighted by Crippen LogP contribution is -2.50. The van der Waals surface area contributed by atoms with Crippen molar-refractivity contribution >= 4 is 11.8 Å². The summed E-state index contributed by atoms with van der Waals surface area (Å²) >= 11 is 0. The van der Waals surface area contributed by atoms with Crippen LogP contribution >= 0.6 is 0 Å². The third-order valence-corrected chi connectivity index (χ3v) is 5.13. The lowest BCUT2D eigenvalue weighted by Gasteiger charge is -2.34. The van der Waals surface area contributed by atoms with E-state index in [1.807, 2.05) is 6.92 Å². The van der Waals surface area contributed by atoms with Crippen molar-refractivity contribution in [3.8, 4) is 5.69 Å². The molecule has 4 rings (SSSR count). The summed E-state index contributed by atoms with van der Waals surface area (Å²) in [4.78, 5) is 29.0. The van der Waals surface area contributed by atoms with Gasteiger partial charge in [0, 0.05) is 26.2 Å². The van der Waals surface area contributed by atoms with E-state index in [2.05, 4.69) is 5.10 Å². The van der Waals surface area contributed by atoms with Gasteiger partial charge >= 0.3 is 0 Å². The maximum absolute atomic E-state index is 13.2. The number of hydrogen-bond acceptors (Lipinski definition) is 4. The third kappa shape index (κ3) is 3.65. The molecule has 3 aromatic rings. The highest BCUT2D eigenvalue weighted by Gasteiger charge is 2.28. The van der Waals surface area contributed by atoms with Gasteiger partial charge in [-0.2, -0.15) is 5.10 Å². The van der Waals surface area contributed by atoms with Crippen LogP contribution in [0.2, 0.25) is 0 Å². The predicted octanol–water partition coefficient (Wildman–Crippen LogP) is 2.77. The van der Waals surface area contributed by atoms with E-state index in [0.29, 0.717) is 49.4 Å². The predicted molar refractivity (Wildman–Crippen MR) is 103 cm³/mol. The number of aromatic nitrogens is 2. The van der Waals surface area contributed by atoms with Crippen LogP contribution in [0.1, 0.15) is 33.3 Å². The molecule has 0 aliphatic carbocycles. The summed E-state index contributed by atoms with van der Waals surface area (Å²) in [6, 6.07) is 7.64. The van der Waals surface area contributed by atoms with Crippen molar-refractivity contribution in [2.75, 3.05) is 26.2 Å². The van der Waals surface area contributed by atoms with E-state index in [9.17, 15) is 14.0 Å². The Bertz CT molecular complexity index is 1000. The molecule has 1 aliphatic rings.